The minimum absolute atomic E-state index is 0.0544. The molecule has 19 heavy (non-hydrogen) atoms. The van der Waals surface area contributed by atoms with Gasteiger partial charge in [-0.15, -0.1) is 0 Å². The summed E-state index contributed by atoms with van der Waals surface area (Å²) in [5, 5.41) is 9.86. The average molecular weight is 266 g/mol. The molecule has 4 heteroatoms. The van der Waals surface area contributed by atoms with Crippen LogP contribution in [0.3, 0.4) is 0 Å². The Labute approximate surface area is 114 Å². The van der Waals surface area contributed by atoms with E-state index >= 15 is 0 Å². The molecule has 1 atom stereocenters. The van der Waals surface area contributed by atoms with Gasteiger partial charge in [0, 0.05) is 49.9 Å². The van der Waals surface area contributed by atoms with Gasteiger partial charge in [0.05, 0.1) is 0 Å². The third-order valence-electron chi connectivity index (χ3n) is 4.07. The monoisotopic (exact) mass is 266 g/mol. The molecule has 1 unspecified atom stereocenters. The lowest BCUT2D eigenvalue weighted by molar-refractivity contribution is 0.0826. The Morgan fingerprint density at radius 3 is 2.16 bits per heavy atom. The molecule has 3 nitrogen and oxygen atoms in total. The van der Waals surface area contributed by atoms with Crippen LogP contribution in [0, 0.1) is 5.82 Å². The van der Waals surface area contributed by atoms with Gasteiger partial charge >= 0.3 is 0 Å². The molecule has 1 saturated heterocycles. The van der Waals surface area contributed by atoms with Crippen LogP contribution in [0.4, 0.5) is 4.39 Å². The third-order valence-corrected chi connectivity index (χ3v) is 4.07. The van der Waals surface area contributed by atoms with Crippen LogP contribution in [0.25, 0.3) is 0 Å². The fraction of sp³-hybridized carbons (Fsp3) is 0.600. The van der Waals surface area contributed by atoms with Crippen LogP contribution in [0.15, 0.2) is 18.2 Å². The van der Waals surface area contributed by atoms with Crippen molar-refractivity contribution < 1.29 is 9.50 Å². The molecule has 1 heterocycles. The summed E-state index contributed by atoms with van der Waals surface area (Å²) in [5.74, 6) is -0.336. The van der Waals surface area contributed by atoms with Crippen LogP contribution in [-0.4, -0.2) is 47.1 Å². The Morgan fingerprint density at radius 2 is 1.63 bits per heavy atom. The quantitative estimate of drug-likeness (QED) is 0.911. The number of hydrogen-bond donors (Lipinski definition) is 1. The Kier molecular flexibility index (Phi) is 4.42. The largest absolute Gasteiger partial charge is 0.508 e. The van der Waals surface area contributed by atoms with E-state index in [2.05, 4.69) is 30.6 Å². The van der Waals surface area contributed by atoms with Crippen molar-refractivity contribution in [3.8, 4) is 5.75 Å². The molecule has 1 aromatic rings. The van der Waals surface area contributed by atoms with Crippen LogP contribution < -0.4 is 0 Å². The van der Waals surface area contributed by atoms with E-state index in [1.54, 1.807) is 6.07 Å². The smallest absolute Gasteiger partial charge is 0.126 e. The Bertz CT molecular complexity index is 428. The zero-order valence-electron chi connectivity index (χ0n) is 11.9. The fourth-order valence-electron chi connectivity index (χ4n) is 2.71. The summed E-state index contributed by atoms with van der Waals surface area (Å²) in [6.07, 6.45) is 0. The van der Waals surface area contributed by atoms with Crippen LogP contribution in [0.2, 0.25) is 0 Å². The number of phenols is 1. The van der Waals surface area contributed by atoms with E-state index < -0.39 is 5.82 Å². The van der Waals surface area contributed by atoms with Gasteiger partial charge < -0.3 is 5.11 Å². The van der Waals surface area contributed by atoms with Crippen molar-refractivity contribution in [2.45, 2.75) is 32.9 Å². The normalized spacial score (nSPS) is 19.8. The number of benzene rings is 1. The maximum absolute atomic E-state index is 13.0. The fourth-order valence-corrected chi connectivity index (χ4v) is 2.71. The van der Waals surface area contributed by atoms with Crippen LogP contribution in [0.5, 0.6) is 5.75 Å². The van der Waals surface area contributed by atoms with E-state index in [1.165, 1.54) is 12.1 Å². The number of phenolic OH excluding ortho intramolecular Hbond substituents is 1. The highest BCUT2D eigenvalue weighted by molar-refractivity contribution is 5.35. The van der Waals surface area contributed by atoms with E-state index in [9.17, 15) is 9.50 Å². The van der Waals surface area contributed by atoms with E-state index in [1.807, 2.05) is 0 Å². The lowest BCUT2D eigenvalue weighted by Gasteiger charge is -2.40. The number of rotatable bonds is 3. The van der Waals surface area contributed by atoms with Gasteiger partial charge in [-0.3, -0.25) is 9.80 Å². The highest BCUT2D eigenvalue weighted by Crippen LogP contribution is 2.29. The molecule has 2 rings (SSSR count). The second-order valence-corrected chi connectivity index (χ2v) is 5.54. The zero-order chi connectivity index (χ0) is 14.0. The van der Waals surface area contributed by atoms with Crippen LogP contribution >= 0.6 is 0 Å². The predicted octanol–water partition coefficient (Wildman–Crippen LogP) is 2.62. The highest BCUT2D eigenvalue weighted by atomic mass is 19.1. The van der Waals surface area contributed by atoms with Gasteiger partial charge in [-0.2, -0.15) is 0 Å². The van der Waals surface area contributed by atoms with E-state index in [0.29, 0.717) is 6.04 Å². The van der Waals surface area contributed by atoms with Gasteiger partial charge in [0.15, 0.2) is 0 Å². The third kappa shape index (κ3) is 3.25. The summed E-state index contributed by atoms with van der Waals surface area (Å²) in [4.78, 5) is 4.79. The summed E-state index contributed by atoms with van der Waals surface area (Å²) < 4.78 is 13.0. The predicted molar refractivity (Wildman–Crippen MR) is 74.8 cm³/mol. The van der Waals surface area contributed by atoms with Crippen molar-refractivity contribution in [2.75, 3.05) is 26.2 Å². The summed E-state index contributed by atoms with van der Waals surface area (Å²) in [6, 6.07) is 4.99. The van der Waals surface area contributed by atoms with Gasteiger partial charge in [0.25, 0.3) is 0 Å². The van der Waals surface area contributed by atoms with E-state index in [-0.39, 0.29) is 11.8 Å². The minimum Gasteiger partial charge on any atom is -0.508 e. The first-order valence-corrected chi connectivity index (χ1v) is 6.95. The number of hydrogen-bond acceptors (Lipinski definition) is 3. The molecule has 0 bridgehead atoms. The Hall–Kier alpha value is -1.13. The molecule has 1 N–H and O–H groups in total. The minimum atomic E-state index is -0.391. The van der Waals surface area contributed by atoms with Crippen molar-refractivity contribution in [3.05, 3.63) is 29.6 Å². The lowest BCUT2D eigenvalue weighted by atomic mass is 10.0. The highest BCUT2D eigenvalue weighted by Gasteiger charge is 2.24. The number of piperazine rings is 1. The maximum atomic E-state index is 13.0. The first kappa shape index (κ1) is 14.3. The molecule has 1 aliphatic heterocycles. The van der Waals surface area contributed by atoms with Crippen molar-refractivity contribution in [3.63, 3.8) is 0 Å². The summed E-state index contributed by atoms with van der Waals surface area (Å²) in [7, 11) is 0. The van der Waals surface area contributed by atoms with Crippen LogP contribution in [0.1, 0.15) is 32.4 Å². The SMILES string of the molecule is CC(C)N1CCN(C(C)c2ccc(F)cc2O)CC1. The first-order valence-electron chi connectivity index (χ1n) is 6.95. The molecular weight excluding hydrogens is 243 g/mol. The molecule has 0 spiro atoms. The molecule has 1 fully saturated rings. The lowest BCUT2D eigenvalue weighted by Crippen LogP contribution is -2.49. The number of halogens is 1. The van der Waals surface area contributed by atoms with E-state index in [4.69, 9.17) is 0 Å². The Balaban J connectivity index is 2.03. The molecule has 106 valence electrons. The van der Waals surface area contributed by atoms with Gasteiger partial charge in [0.2, 0.25) is 0 Å². The molecule has 1 aliphatic rings. The molecule has 0 radical (unpaired) electrons. The van der Waals surface area contributed by atoms with E-state index in [0.717, 1.165) is 31.7 Å². The molecule has 0 saturated carbocycles. The van der Waals surface area contributed by atoms with Crippen molar-refractivity contribution in [1.82, 2.24) is 9.80 Å². The number of aromatic hydroxyl groups is 1. The van der Waals surface area contributed by atoms with Crippen molar-refractivity contribution in [1.29, 1.82) is 0 Å². The van der Waals surface area contributed by atoms with Gasteiger partial charge in [0.1, 0.15) is 11.6 Å². The van der Waals surface area contributed by atoms with Crippen LogP contribution in [-0.2, 0) is 0 Å². The molecule has 0 aromatic heterocycles. The molecule has 1 aromatic carbocycles. The number of nitrogens with zero attached hydrogens (tertiary/aromatic N) is 2. The topological polar surface area (TPSA) is 26.7 Å². The molecule has 0 aliphatic carbocycles. The van der Waals surface area contributed by atoms with Gasteiger partial charge in [-0.25, -0.2) is 4.39 Å². The molecule has 0 amide bonds. The maximum Gasteiger partial charge on any atom is 0.126 e. The first-order chi connectivity index (χ1) is 8.99. The summed E-state index contributed by atoms with van der Waals surface area (Å²) >= 11 is 0. The second kappa shape index (κ2) is 5.88. The Morgan fingerprint density at radius 1 is 1.05 bits per heavy atom. The summed E-state index contributed by atoms with van der Waals surface area (Å²) in [5.41, 5.74) is 0.805. The zero-order valence-corrected chi connectivity index (χ0v) is 11.9. The van der Waals surface area contributed by atoms with Gasteiger partial charge in [-0.1, -0.05) is 6.07 Å². The van der Waals surface area contributed by atoms with Gasteiger partial charge in [-0.05, 0) is 26.8 Å². The summed E-state index contributed by atoms with van der Waals surface area (Å²) in [6.45, 7) is 10.5. The average Bonchev–Trinajstić information content (AvgIpc) is 2.38. The van der Waals surface area contributed by atoms with Crippen molar-refractivity contribution >= 4 is 0 Å². The standard InChI is InChI=1S/C15H23FN2O/c1-11(2)17-6-8-18(9-7-17)12(3)14-5-4-13(16)10-15(14)19/h4-5,10-12,19H,6-9H2,1-3H3. The van der Waals surface area contributed by atoms with Crippen molar-refractivity contribution in [2.24, 2.45) is 0 Å². The molecular formula is C15H23FN2O. The second-order valence-electron chi connectivity index (χ2n) is 5.54.